The van der Waals surface area contributed by atoms with Gasteiger partial charge in [0.25, 0.3) is 0 Å². The number of benzene rings is 1. The highest BCUT2D eigenvalue weighted by Gasteiger charge is 2.03. The number of H-pyrrole nitrogens is 1. The van der Waals surface area contributed by atoms with Crippen LogP contribution in [0.5, 0.6) is 0 Å². The number of hydrogen-bond donors (Lipinski definition) is 3. The zero-order valence-electron chi connectivity index (χ0n) is 9.53. The molecule has 0 saturated heterocycles. The van der Waals surface area contributed by atoms with Crippen molar-refractivity contribution in [3.8, 4) is 0 Å². The largest absolute Gasteiger partial charge is 0.396 e. The fourth-order valence-corrected chi connectivity index (χ4v) is 1.88. The lowest BCUT2D eigenvalue weighted by Crippen LogP contribution is -2.26. The Labute approximate surface area is 95.5 Å². The number of rotatable bonds is 5. The first-order valence-corrected chi connectivity index (χ1v) is 5.70. The Balaban J connectivity index is 2.06. The van der Waals surface area contributed by atoms with Gasteiger partial charge in [0.05, 0.1) is 0 Å². The monoisotopic (exact) mass is 218 g/mol. The molecule has 3 heteroatoms. The lowest BCUT2D eigenvalue weighted by atomic mass is 10.1. The molecule has 0 aliphatic carbocycles. The van der Waals surface area contributed by atoms with Gasteiger partial charge in [-0.1, -0.05) is 12.1 Å². The maximum Gasteiger partial charge on any atom is 0.0457 e. The molecule has 2 aromatic rings. The number of aliphatic hydroxyl groups excluding tert-OH is 1. The standard InChI is InChI=1S/C13H18N2O/c1-10(6-8-16)15-9-11-3-2-4-13-12(11)5-7-14-13/h2-5,7,10,14-16H,6,8-9H2,1H3/t10-/m0/s1. The Bertz CT molecular complexity index is 450. The van der Waals surface area contributed by atoms with Crippen LogP contribution in [0.4, 0.5) is 0 Å². The quantitative estimate of drug-likeness (QED) is 0.719. The van der Waals surface area contributed by atoms with Crippen LogP contribution in [-0.2, 0) is 6.54 Å². The third kappa shape index (κ3) is 2.43. The molecule has 0 saturated carbocycles. The maximum absolute atomic E-state index is 8.83. The molecule has 0 radical (unpaired) electrons. The summed E-state index contributed by atoms with van der Waals surface area (Å²) in [6.07, 6.45) is 2.76. The van der Waals surface area contributed by atoms with Crippen LogP contribution < -0.4 is 5.32 Å². The highest BCUT2D eigenvalue weighted by Crippen LogP contribution is 2.17. The molecule has 1 aromatic carbocycles. The predicted molar refractivity (Wildman–Crippen MR) is 66.3 cm³/mol. The molecule has 1 heterocycles. The van der Waals surface area contributed by atoms with Crippen LogP contribution >= 0.6 is 0 Å². The van der Waals surface area contributed by atoms with E-state index >= 15 is 0 Å². The van der Waals surface area contributed by atoms with E-state index in [1.807, 2.05) is 6.20 Å². The van der Waals surface area contributed by atoms with Gasteiger partial charge in [-0.05, 0) is 31.0 Å². The second-order valence-corrected chi connectivity index (χ2v) is 4.15. The van der Waals surface area contributed by atoms with E-state index in [1.165, 1.54) is 16.5 Å². The summed E-state index contributed by atoms with van der Waals surface area (Å²) in [6, 6.07) is 8.72. The molecular weight excluding hydrogens is 200 g/mol. The maximum atomic E-state index is 8.83. The normalized spacial score (nSPS) is 13.1. The van der Waals surface area contributed by atoms with Crippen LogP contribution in [0.25, 0.3) is 10.9 Å². The van der Waals surface area contributed by atoms with E-state index in [2.05, 4.69) is 41.5 Å². The van der Waals surface area contributed by atoms with E-state index in [0.717, 1.165) is 13.0 Å². The minimum Gasteiger partial charge on any atom is -0.396 e. The van der Waals surface area contributed by atoms with Crippen molar-refractivity contribution in [3.05, 3.63) is 36.0 Å². The molecule has 3 N–H and O–H groups in total. The first-order valence-electron chi connectivity index (χ1n) is 5.70. The second kappa shape index (κ2) is 5.14. The molecule has 0 bridgehead atoms. The SMILES string of the molecule is C[C@@H](CCO)NCc1cccc2[nH]ccc12. The zero-order valence-corrected chi connectivity index (χ0v) is 9.53. The van der Waals surface area contributed by atoms with Gasteiger partial charge in [0.15, 0.2) is 0 Å². The van der Waals surface area contributed by atoms with Crippen LogP contribution in [0.2, 0.25) is 0 Å². The van der Waals surface area contributed by atoms with E-state index in [4.69, 9.17) is 5.11 Å². The van der Waals surface area contributed by atoms with Crippen molar-refractivity contribution in [2.24, 2.45) is 0 Å². The van der Waals surface area contributed by atoms with E-state index < -0.39 is 0 Å². The first kappa shape index (κ1) is 11.2. The summed E-state index contributed by atoms with van der Waals surface area (Å²) in [4.78, 5) is 3.20. The number of fused-ring (bicyclic) bond motifs is 1. The van der Waals surface area contributed by atoms with Gasteiger partial charge in [-0.3, -0.25) is 0 Å². The first-order chi connectivity index (χ1) is 7.81. The molecule has 0 unspecified atom stereocenters. The van der Waals surface area contributed by atoms with Gasteiger partial charge in [0.1, 0.15) is 0 Å². The summed E-state index contributed by atoms with van der Waals surface area (Å²) < 4.78 is 0. The second-order valence-electron chi connectivity index (χ2n) is 4.15. The minimum atomic E-state index is 0.239. The van der Waals surface area contributed by atoms with E-state index in [-0.39, 0.29) is 6.61 Å². The number of nitrogens with one attached hydrogen (secondary N) is 2. The van der Waals surface area contributed by atoms with Crippen molar-refractivity contribution in [3.63, 3.8) is 0 Å². The van der Waals surface area contributed by atoms with Gasteiger partial charge in [-0.25, -0.2) is 0 Å². The lowest BCUT2D eigenvalue weighted by Gasteiger charge is -2.12. The Morgan fingerprint density at radius 1 is 1.38 bits per heavy atom. The van der Waals surface area contributed by atoms with Crippen molar-refractivity contribution < 1.29 is 5.11 Å². The predicted octanol–water partition coefficient (Wildman–Crippen LogP) is 2.03. The third-order valence-corrected chi connectivity index (χ3v) is 2.89. The van der Waals surface area contributed by atoms with Gasteiger partial charge in [0, 0.05) is 36.3 Å². The summed E-state index contributed by atoms with van der Waals surface area (Å²) in [5, 5.41) is 13.5. The van der Waals surface area contributed by atoms with E-state index in [0.29, 0.717) is 6.04 Å². The summed E-state index contributed by atoms with van der Waals surface area (Å²) in [5.41, 5.74) is 2.47. The van der Waals surface area contributed by atoms with Gasteiger partial charge >= 0.3 is 0 Å². The molecule has 0 aliphatic heterocycles. The van der Waals surface area contributed by atoms with Gasteiger partial charge in [-0.15, -0.1) is 0 Å². The highest BCUT2D eigenvalue weighted by atomic mass is 16.3. The highest BCUT2D eigenvalue weighted by molar-refractivity contribution is 5.82. The van der Waals surface area contributed by atoms with Gasteiger partial charge in [-0.2, -0.15) is 0 Å². The van der Waals surface area contributed by atoms with Crippen molar-refractivity contribution in [2.75, 3.05) is 6.61 Å². The molecule has 1 aromatic heterocycles. The Morgan fingerprint density at radius 2 is 2.25 bits per heavy atom. The van der Waals surface area contributed by atoms with E-state index in [9.17, 15) is 0 Å². The Kier molecular flexibility index (Phi) is 3.59. The fourth-order valence-electron chi connectivity index (χ4n) is 1.88. The Morgan fingerprint density at radius 3 is 3.06 bits per heavy atom. The van der Waals surface area contributed by atoms with Crippen molar-refractivity contribution in [1.29, 1.82) is 0 Å². The number of aromatic nitrogens is 1. The van der Waals surface area contributed by atoms with Crippen molar-refractivity contribution in [2.45, 2.75) is 25.9 Å². The molecule has 1 atom stereocenters. The zero-order chi connectivity index (χ0) is 11.4. The summed E-state index contributed by atoms with van der Waals surface area (Å²) >= 11 is 0. The number of aromatic amines is 1. The van der Waals surface area contributed by atoms with Crippen LogP contribution in [-0.4, -0.2) is 22.7 Å². The molecule has 0 aliphatic rings. The molecule has 2 rings (SSSR count). The molecule has 0 amide bonds. The van der Waals surface area contributed by atoms with Gasteiger partial charge in [0.2, 0.25) is 0 Å². The molecule has 16 heavy (non-hydrogen) atoms. The molecule has 0 spiro atoms. The molecule has 3 nitrogen and oxygen atoms in total. The van der Waals surface area contributed by atoms with Crippen LogP contribution in [0.15, 0.2) is 30.5 Å². The fraction of sp³-hybridized carbons (Fsp3) is 0.385. The van der Waals surface area contributed by atoms with Gasteiger partial charge < -0.3 is 15.4 Å². The topological polar surface area (TPSA) is 48.0 Å². The summed E-state index contributed by atoms with van der Waals surface area (Å²) in [5.74, 6) is 0. The summed E-state index contributed by atoms with van der Waals surface area (Å²) in [7, 11) is 0. The lowest BCUT2D eigenvalue weighted by molar-refractivity contribution is 0.269. The Hall–Kier alpha value is -1.32. The van der Waals surface area contributed by atoms with Crippen LogP contribution in [0, 0.1) is 0 Å². The smallest absolute Gasteiger partial charge is 0.0457 e. The third-order valence-electron chi connectivity index (χ3n) is 2.89. The average Bonchev–Trinajstić information content (AvgIpc) is 2.75. The van der Waals surface area contributed by atoms with Crippen LogP contribution in [0.1, 0.15) is 18.9 Å². The number of hydrogen-bond acceptors (Lipinski definition) is 2. The van der Waals surface area contributed by atoms with E-state index in [1.54, 1.807) is 0 Å². The van der Waals surface area contributed by atoms with Crippen molar-refractivity contribution in [1.82, 2.24) is 10.3 Å². The molecule has 86 valence electrons. The molecule has 0 fully saturated rings. The number of aliphatic hydroxyl groups is 1. The molecular formula is C13H18N2O. The minimum absolute atomic E-state index is 0.239. The van der Waals surface area contributed by atoms with Crippen molar-refractivity contribution >= 4 is 10.9 Å². The van der Waals surface area contributed by atoms with Crippen LogP contribution in [0.3, 0.4) is 0 Å². The summed E-state index contributed by atoms with van der Waals surface area (Å²) in [6.45, 7) is 3.17. The average molecular weight is 218 g/mol.